The van der Waals surface area contributed by atoms with Gasteiger partial charge >= 0.3 is 0 Å². The maximum absolute atomic E-state index is 4.35. The highest BCUT2D eigenvalue weighted by molar-refractivity contribution is 7.08. The number of hydrogen-bond acceptors (Lipinski definition) is 3. The number of rotatable bonds is 2. The predicted octanol–water partition coefficient (Wildman–Crippen LogP) is 3.81. The Kier molecular flexibility index (Phi) is 3.97. The molecule has 3 nitrogen and oxygen atoms in total. The lowest BCUT2D eigenvalue weighted by Gasteiger charge is -2.24. The monoisotopic (exact) mass is 319 g/mol. The third-order valence-electron chi connectivity index (χ3n) is 4.11. The van der Waals surface area contributed by atoms with E-state index in [1.54, 1.807) is 11.3 Å². The van der Waals surface area contributed by atoms with E-state index in [0.29, 0.717) is 0 Å². The van der Waals surface area contributed by atoms with Crippen molar-refractivity contribution in [1.29, 1.82) is 0 Å². The van der Waals surface area contributed by atoms with Gasteiger partial charge in [-0.15, -0.1) is 0 Å². The summed E-state index contributed by atoms with van der Waals surface area (Å²) in [6, 6.07) is 6.19. The van der Waals surface area contributed by atoms with Crippen LogP contribution in [0.5, 0.6) is 0 Å². The fourth-order valence-electron chi connectivity index (χ4n) is 2.84. The van der Waals surface area contributed by atoms with Gasteiger partial charge in [0.1, 0.15) is 5.65 Å². The molecule has 0 fully saturated rings. The van der Waals surface area contributed by atoms with Gasteiger partial charge in [0.2, 0.25) is 0 Å². The van der Waals surface area contributed by atoms with E-state index in [-0.39, 0.29) is 0 Å². The number of hydrogen-bond donors (Lipinski definition) is 1. The topological polar surface area (TPSA) is 31.9 Å². The maximum Gasteiger partial charge on any atom is 0.137 e. The van der Waals surface area contributed by atoms with Gasteiger partial charge in [-0.05, 0) is 35.6 Å². The van der Waals surface area contributed by atoms with Crippen LogP contribution in [0.4, 0.5) is 0 Å². The first-order valence-electron chi connectivity index (χ1n) is 7.75. The van der Waals surface area contributed by atoms with Gasteiger partial charge in [0, 0.05) is 53.9 Å². The first-order valence-corrected chi connectivity index (χ1v) is 8.69. The van der Waals surface area contributed by atoms with Crippen LogP contribution in [0.3, 0.4) is 0 Å². The number of aromatic nitrogens is 2. The summed E-state index contributed by atoms with van der Waals surface area (Å²) in [5.74, 6) is 6.55. The van der Waals surface area contributed by atoms with E-state index in [9.17, 15) is 0 Å². The molecule has 3 aromatic rings. The van der Waals surface area contributed by atoms with E-state index in [1.807, 2.05) is 12.3 Å². The van der Waals surface area contributed by atoms with Crippen LogP contribution < -0.4 is 0 Å². The molecule has 0 aliphatic carbocycles. The number of nitrogens with one attached hydrogen (secondary N) is 1. The van der Waals surface area contributed by atoms with Crippen molar-refractivity contribution in [3.8, 4) is 11.8 Å². The summed E-state index contributed by atoms with van der Waals surface area (Å²) in [4.78, 5) is 10.0. The number of pyridine rings is 1. The lowest BCUT2D eigenvalue weighted by Crippen LogP contribution is -2.28. The van der Waals surface area contributed by atoms with E-state index in [2.05, 4.69) is 61.9 Å². The second-order valence-electron chi connectivity index (χ2n) is 5.69. The first-order chi connectivity index (χ1) is 11.4. The van der Waals surface area contributed by atoms with Crippen LogP contribution in [0.15, 0.2) is 53.0 Å². The van der Waals surface area contributed by atoms with E-state index in [1.165, 1.54) is 16.5 Å². The predicted molar refractivity (Wildman–Crippen MR) is 95.3 cm³/mol. The summed E-state index contributed by atoms with van der Waals surface area (Å²) in [5.41, 5.74) is 4.66. The molecule has 3 aromatic heterocycles. The fourth-order valence-corrected chi connectivity index (χ4v) is 3.43. The molecule has 0 spiro atoms. The van der Waals surface area contributed by atoms with Crippen molar-refractivity contribution in [2.45, 2.75) is 13.0 Å². The molecule has 0 bridgehead atoms. The summed E-state index contributed by atoms with van der Waals surface area (Å²) in [6.07, 6.45) is 7.19. The molecule has 0 unspecified atom stereocenters. The molecule has 4 heteroatoms. The Labute approximate surface area is 139 Å². The molecule has 1 N–H and O–H groups in total. The van der Waals surface area contributed by atoms with E-state index in [0.717, 1.165) is 37.3 Å². The molecule has 23 heavy (non-hydrogen) atoms. The van der Waals surface area contributed by atoms with Crippen LogP contribution >= 0.6 is 11.3 Å². The van der Waals surface area contributed by atoms with Crippen LogP contribution in [0.2, 0.25) is 0 Å². The highest BCUT2D eigenvalue weighted by Crippen LogP contribution is 2.19. The van der Waals surface area contributed by atoms with Crippen molar-refractivity contribution in [3.63, 3.8) is 0 Å². The average Bonchev–Trinajstić information content (AvgIpc) is 3.25. The van der Waals surface area contributed by atoms with Crippen molar-refractivity contribution >= 4 is 22.4 Å². The largest absolute Gasteiger partial charge is 0.346 e. The highest BCUT2D eigenvalue weighted by atomic mass is 32.1. The van der Waals surface area contributed by atoms with Gasteiger partial charge in [-0.25, -0.2) is 4.98 Å². The average molecular weight is 319 g/mol. The molecule has 0 saturated heterocycles. The van der Waals surface area contributed by atoms with Crippen molar-refractivity contribution in [2.75, 3.05) is 13.1 Å². The third-order valence-corrected chi connectivity index (χ3v) is 4.80. The molecule has 0 amide bonds. The SMILES string of the molecule is C(#Cc1ccsc1)C1=CCN(Cc2c[nH]c3ncccc23)CC1. The third kappa shape index (κ3) is 3.21. The van der Waals surface area contributed by atoms with Crippen molar-refractivity contribution in [2.24, 2.45) is 0 Å². The Balaban J connectivity index is 1.43. The second kappa shape index (κ2) is 6.41. The molecule has 114 valence electrons. The smallest absolute Gasteiger partial charge is 0.137 e. The van der Waals surface area contributed by atoms with Gasteiger partial charge < -0.3 is 4.98 Å². The van der Waals surface area contributed by atoms with E-state index >= 15 is 0 Å². The summed E-state index contributed by atoms with van der Waals surface area (Å²) in [6.45, 7) is 2.96. The van der Waals surface area contributed by atoms with Gasteiger partial charge in [0.15, 0.2) is 0 Å². The minimum absolute atomic E-state index is 0.952. The fraction of sp³-hybridized carbons (Fsp3) is 0.211. The summed E-state index contributed by atoms with van der Waals surface area (Å²) in [7, 11) is 0. The van der Waals surface area contributed by atoms with Crippen LogP contribution in [0, 0.1) is 11.8 Å². The molecular formula is C19H17N3S. The molecule has 4 rings (SSSR count). The quantitative estimate of drug-likeness (QED) is 0.729. The molecule has 4 heterocycles. The molecule has 1 aliphatic rings. The Morgan fingerprint density at radius 3 is 3.13 bits per heavy atom. The number of fused-ring (bicyclic) bond motifs is 1. The van der Waals surface area contributed by atoms with E-state index in [4.69, 9.17) is 0 Å². The van der Waals surface area contributed by atoms with Crippen molar-refractivity contribution in [3.05, 3.63) is 64.1 Å². The normalized spacial score (nSPS) is 15.2. The summed E-state index contributed by atoms with van der Waals surface area (Å²) in [5, 5.41) is 5.38. The molecule has 0 saturated carbocycles. The maximum atomic E-state index is 4.35. The standard InChI is InChI=1S/C19H17N3S/c1-2-18-17(12-21-19(18)20-8-1)13-22-9-5-15(6-10-22)3-4-16-7-11-23-14-16/h1-2,5,7-8,11-12,14H,6,9-10,13H2,(H,20,21). The molecule has 1 aliphatic heterocycles. The minimum Gasteiger partial charge on any atom is -0.346 e. The number of H-pyrrole nitrogens is 1. The summed E-state index contributed by atoms with van der Waals surface area (Å²) < 4.78 is 0. The van der Waals surface area contributed by atoms with E-state index < -0.39 is 0 Å². The van der Waals surface area contributed by atoms with Crippen molar-refractivity contribution < 1.29 is 0 Å². The van der Waals surface area contributed by atoms with Gasteiger partial charge in [0.05, 0.1) is 0 Å². The van der Waals surface area contributed by atoms with Gasteiger partial charge in [0.25, 0.3) is 0 Å². The van der Waals surface area contributed by atoms with Crippen molar-refractivity contribution in [1.82, 2.24) is 14.9 Å². The second-order valence-corrected chi connectivity index (χ2v) is 6.47. The first kappa shape index (κ1) is 14.3. The Morgan fingerprint density at radius 1 is 1.30 bits per heavy atom. The number of thiophene rings is 1. The number of aromatic amines is 1. The molecule has 0 radical (unpaired) electrons. The zero-order chi connectivity index (χ0) is 15.5. The van der Waals surface area contributed by atoms with Crippen LogP contribution in [-0.4, -0.2) is 28.0 Å². The Hall–Kier alpha value is -2.35. The molecule has 0 atom stereocenters. The minimum atomic E-state index is 0.952. The molecule has 0 aromatic carbocycles. The summed E-state index contributed by atoms with van der Waals surface area (Å²) >= 11 is 1.69. The molecular weight excluding hydrogens is 302 g/mol. The lowest BCUT2D eigenvalue weighted by molar-refractivity contribution is 0.289. The highest BCUT2D eigenvalue weighted by Gasteiger charge is 2.13. The van der Waals surface area contributed by atoms with Gasteiger partial charge in [-0.2, -0.15) is 11.3 Å². The Morgan fingerprint density at radius 2 is 2.30 bits per heavy atom. The zero-order valence-corrected chi connectivity index (χ0v) is 13.6. The van der Waals surface area contributed by atoms with Gasteiger partial charge in [-0.1, -0.05) is 17.9 Å². The van der Waals surface area contributed by atoms with Crippen LogP contribution in [-0.2, 0) is 6.54 Å². The Bertz CT molecular complexity index is 893. The van der Waals surface area contributed by atoms with Gasteiger partial charge in [-0.3, -0.25) is 4.90 Å². The van der Waals surface area contributed by atoms with Crippen LogP contribution in [0.25, 0.3) is 11.0 Å². The lowest BCUT2D eigenvalue weighted by atomic mass is 10.1. The number of nitrogens with zero attached hydrogens (tertiary/aromatic N) is 2. The van der Waals surface area contributed by atoms with Crippen LogP contribution in [0.1, 0.15) is 17.5 Å². The zero-order valence-electron chi connectivity index (χ0n) is 12.7.